The van der Waals surface area contributed by atoms with Crippen LogP contribution in [0.4, 0.5) is 0 Å². The molecule has 0 bridgehead atoms. The van der Waals surface area contributed by atoms with Crippen molar-refractivity contribution in [3.8, 4) is 0 Å². The van der Waals surface area contributed by atoms with Gasteiger partial charge >= 0.3 is 11.9 Å². The third-order valence-corrected chi connectivity index (χ3v) is 2.86. The highest BCUT2D eigenvalue weighted by Crippen LogP contribution is 2.24. The van der Waals surface area contributed by atoms with Crippen molar-refractivity contribution in [2.45, 2.75) is 25.8 Å². The van der Waals surface area contributed by atoms with Crippen LogP contribution in [0.2, 0.25) is 0 Å². The molecule has 0 radical (unpaired) electrons. The van der Waals surface area contributed by atoms with Crippen LogP contribution in [-0.2, 0) is 22.5 Å². The average Bonchev–Trinajstić information content (AvgIpc) is 2.70. The number of nitrogens with zero attached hydrogens (tertiary/aromatic N) is 2. The van der Waals surface area contributed by atoms with Crippen molar-refractivity contribution in [1.29, 1.82) is 0 Å². The second kappa shape index (κ2) is 4.59. The summed E-state index contributed by atoms with van der Waals surface area (Å²) in [4.78, 5) is 34.0. The number of carbonyl (C=O) groups excluding carboxylic acids is 2. The van der Waals surface area contributed by atoms with Gasteiger partial charge in [0.25, 0.3) is 0 Å². The van der Waals surface area contributed by atoms with E-state index in [1.54, 1.807) is 0 Å². The van der Waals surface area contributed by atoms with Gasteiger partial charge in [-0.2, -0.15) is 5.10 Å². The molecule has 18 heavy (non-hydrogen) atoms. The molecule has 0 saturated carbocycles. The Morgan fingerprint density at radius 2 is 2.17 bits per heavy atom. The molecular formula is C11H12N2O5. The number of hydrogen-bond acceptors (Lipinski definition) is 5. The molecule has 7 nitrogen and oxygen atoms in total. The molecule has 0 amide bonds. The van der Waals surface area contributed by atoms with Gasteiger partial charge in [0, 0.05) is 6.42 Å². The van der Waals surface area contributed by atoms with Crippen LogP contribution < -0.4 is 0 Å². The van der Waals surface area contributed by atoms with Gasteiger partial charge in [-0.05, 0) is 12.8 Å². The lowest BCUT2D eigenvalue weighted by atomic mass is 9.94. The minimum atomic E-state index is -1.26. The number of ether oxygens (including phenoxy) is 1. The zero-order chi connectivity index (χ0) is 13.3. The molecular weight excluding hydrogens is 240 g/mol. The Bertz CT molecular complexity index is 532. The lowest BCUT2D eigenvalue weighted by molar-refractivity contribution is -0.141. The number of ketones is 1. The molecule has 1 aliphatic rings. The summed E-state index contributed by atoms with van der Waals surface area (Å²) >= 11 is 0. The third-order valence-electron chi connectivity index (χ3n) is 2.86. The van der Waals surface area contributed by atoms with E-state index in [4.69, 9.17) is 5.11 Å². The van der Waals surface area contributed by atoms with E-state index in [-0.39, 0.29) is 23.6 Å². The molecule has 2 rings (SSSR count). The SMILES string of the molecule is COC(=O)Cn1nc(C(=O)O)c2c1CCCC2=O. The predicted molar refractivity (Wildman–Crippen MR) is 58.5 cm³/mol. The normalized spacial score (nSPS) is 14.2. The van der Waals surface area contributed by atoms with E-state index in [1.165, 1.54) is 11.8 Å². The van der Waals surface area contributed by atoms with Gasteiger partial charge in [-0.1, -0.05) is 0 Å². The molecule has 0 aliphatic heterocycles. The van der Waals surface area contributed by atoms with E-state index in [0.29, 0.717) is 25.0 Å². The maximum absolute atomic E-state index is 11.7. The maximum Gasteiger partial charge on any atom is 0.357 e. The first-order chi connectivity index (χ1) is 8.54. The Morgan fingerprint density at radius 1 is 1.44 bits per heavy atom. The quantitative estimate of drug-likeness (QED) is 0.775. The Hall–Kier alpha value is -2.18. The van der Waals surface area contributed by atoms with E-state index in [1.807, 2.05) is 0 Å². The summed E-state index contributed by atoms with van der Waals surface area (Å²) in [6, 6.07) is 0. The minimum Gasteiger partial charge on any atom is -0.476 e. The molecule has 1 heterocycles. The molecule has 0 atom stereocenters. The molecule has 1 aliphatic carbocycles. The molecule has 7 heteroatoms. The van der Waals surface area contributed by atoms with Gasteiger partial charge in [0.1, 0.15) is 6.54 Å². The van der Waals surface area contributed by atoms with Crippen LogP contribution in [0.1, 0.15) is 39.4 Å². The number of methoxy groups -OCH3 is 1. The van der Waals surface area contributed by atoms with Crippen molar-refractivity contribution in [2.24, 2.45) is 0 Å². The number of esters is 1. The van der Waals surface area contributed by atoms with E-state index in [0.717, 1.165) is 0 Å². The first-order valence-corrected chi connectivity index (χ1v) is 5.47. The number of carbonyl (C=O) groups is 3. The number of hydrogen-bond donors (Lipinski definition) is 1. The summed E-state index contributed by atoms with van der Waals surface area (Å²) in [5.74, 6) is -2.02. The second-order valence-electron chi connectivity index (χ2n) is 3.99. The Labute approximate surface area is 102 Å². The maximum atomic E-state index is 11.7. The third kappa shape index (κ3) is 1.99. The second-order valence-corrected chi connectivity index (χ2v) is 3.99. The highest BCUT2D eigenvalue weighted by molar-refractivity contribution is 6.06. The van der Waals surface area contributed by atoms with Crippen molar-refractivity contribution in [1.82, 2.24) is 9.78 Å². The first kappa shape index (κ1) is 12.3. The van der Waals surface area contributed by atoms with Crippen LogP contribution in [0.3, 0.4) is 0 Å². The summed E-state index contributed by atoms with van der Waals surface area (Å²) in [5, 5.41) is 12.8. The van der Waals surface area contributed by atoms with Gasteiger partial charge in [-0.25, -0.2) is 4.79 Å². The van der Waals surface area contributed by atoms with Crippen molar-refractivity contribution in [3.05, 3.63) is 17.0 Å². The molecule has 96 valence electrons. The Kier molecular flexibility index (Phi) is 3.14. The molecule has 0 unspecified atom stereocenters. The number of aromatic nitrogens is 2. The van der Waals surface area contributed by atoms with Crippen LogP contribution in [0.15, 0.2) is 0 Å². The molecule has 0 spiro atoms. The predicted octanol–water partition coefficient (Wildman–Crippen LogP) is 0.273. The Morgan fingerprint density at radius 3 is 2.78 bits per heavy atom. The topological polar surface area (TPSA) is 98.5 Å². The molecule has 1 aromatic heterocycles. The van der Waals surface area contributed by atoms with Gasteiger partial charge in [0.15, 0.2) is 11.5 Å². The van der Waals surface area contributed by atoms with Gasteiger partial charge in [0.2, 0.25) is 0 Å². The fraction of sp³-hybridized carbons (Fsp3) is 0.455. The van der Waals surface area contributed by atoms with Gasteiger partial charge in [-0.3, -0.25) is 14.3 Å². The van der Waals surface area contributed by atoms with Crippen LogP contribution in [-0.4, -0.2) is 39.7 Å². The highest BCUT2D eigenvalue weighted by atomic mass is 16.5. The monoisotopic (exact) mass is 252 g/mol. The molecule has 0 fully saturated rings. The highest BCUT2D eigenvalue weighted by Gasteiger charge is 2.30. The summed E-state index contributed by atoms with van der Waals surface area (Å²) in [7, 11) is 1.24. The first-order valence-electron chi connectivity index (χ1n) is 5.47. The van der Waals surface area contributed by atoms with Gasteiger partial charge < -0.3 is 9.84 Å². The van der Waals surface area contributed by atoms with Gasteiger partial charge in [0.05, 0.1) is 18.4 Å². The summed E-state index contributed by atoms with van der Waals surface area (Å²) in [6.07, 6.45) is 1.49. The fourth-order valence-corrected chi connectivity index (χ4v) is 2.05. The number of fused-ring (bicyclic) bond motifs is 1. The van der Waals surface area contributed by atoms with Crippen molar-refractivity contribution in [2.75, 3.05) is 7.11 Å². The smallest absolute Gasteiger partial charge is 0.357 e. The zero-order valence-electron chi connectivity index (χ0n) is 9.80. The Balaban J connectivity index is 2.49. The van der Waals surface area contributed by atoms with Crippen LogP contribution in [0.25, 0.3) is 0 Å². The van der Waals surface area contributed by atoms with Crippen molar-refractivity contribution < 1.29 is 24.2 Å². The van der Waals surface area contributed by atoms with E-state index >= 15 is 0 Å². The fourth-order valence-electron chi connectivity index (χ4n) is 2.05. The van der Waals surface area contributed by atoms with Gasteiger partial charge in [-0.15, -0.1) is 0 Å². The molecule has 0 aromatic carbocycles. The summed E-state index contributed by atoms with van der Waals surface area (Å²) in [5.41, 5.74) is 0.366. The number of rotatable bonds is 3. The standard InChI is InChI=1S/C11H12N2O5/c1-18-8(15)5-13-6-3-2-4-7(14)9(6)10(12-13)11(16)17/h2-5H2,1H3,(H,16,17). The molecule has 1 aromatic rings. The summed E-state index contributed by atoms with van der Waals surface area (Å²) in [6.45, 7) is -0.181. The zero-order valence-corrected chi connectivity index (χ0v) is 9.80. The molecule has 0 saturated heterocycles. The number of aromatic carboxylic acids is 1. The number of Topliss-reactive ketones (excluding diaryl/α,β-unsaturated/α-hetero) is 1. The van der Waals surface area contributed by atoms with Crippen molar-refractivity contribution >= 4 is 17.7 Å². The van der Waals surface area contributed by atoms with Crippen LogP contribution >= 0.6 is 0 Å². The lowest BCUT2D eigenvalue weighted by Crippen LogP contribution is -2.18. The van der Waals surface area contributed by atoms with E-state index in [2.05, 4.69) is 9.84 Å². The van der Waals surface area contributed by atoms with Crippen LogP contribution in [0, 0.1) is 0 Å². The molecule has 1 N–H and O–H groups in total. The average molecular weight is 252 g/mol. The summed E-state index contributed by atoms with van der Waals surface area (Å²) < 4.78 is 5.76. The van der Waals surface area contributed by atoms with Crippen LogP contribution in [0.5, 0.6) is 0 Å². The van der Waals surface area contributed by atoms with Crippen molar-refractivity contribution in [3.63, 3.8) is 0 Å². The van der Waals surface area contributed by atoms with E-state index in [9.17, 15) is 14.4 Å². The largest absolute Gasteiger partial charge is 0.476 e. The minimum absolute atomic E-state index is 0.137. The number of carboxylic acid groups (broad SMARTS) is 1. The number of carboxylic acids is 1. The lowest BCUT2D eigenvalue weighted by Gasteiger charge is -2.12. The van der Waals surface area contributed by atoms with E-state index < -0.39 is 11.9 Å².